The highest BCUT2D eigenvalue weighted by Gasteiger charge is 2.15. The van der Waals surface area contributed by atoms with Crippen LogP contribution in [0.1, 0.15) is 13.3 Å². The van der Waals surface area contributed by atoms with Crippen molar-refractivity contribution >= 4 is 17.6 Å². The Balaban J connectivity index is 2.15. The molecule has 0 aliphatic carbocycles. The standard InChI is InChI=1S/C11H18N6S/c1-3-18-8-4-7-17-10(11(12)14-15-17)9-5-6-13-16(9)2/h5-6H,3-4,7-8,12H2,1-2H3. The Morgan fingerprint density at radius 2 is 2.28 bits per heavy atom. The van der Waals surface area contributed by atoms with Gasteiger partial charge in [-0.05, 0) is 24.0 Å². The quantitative estimate of drug-likeness (QED) is 0.800. The fourth-order valence-electron chi connectivity index (χ4n) is 1.81. The molecule has 0 radical (unpaired) electrons. The van der Waals surface area contributed by atoms with Crippen LogP contribution >= 0.6 is 11.8 Å². The predicted molar refractivity (Wildman–Crippen MR) is 74.3 cm³/mol. The van der Waals surface area contributed by atoms with Crippen molar-refractivity contribution in [1.29, 1.82) is 0 Å². The van der Waals surface area contributed by atoms with Crippen LogP contribution in [0.4, 0.5) is 5.82 Å². The van der Waals surface area contributed by atoms with Crippen molar-refractivity contribution in [2.45, 2.75) is 19.9 Å². The van der Waals surface area contributed by atoms with Gasteiger partial charge in [0.15, 0.2) is 5.82 Å². The first kappa shape index (κ1) is 12.9. The lowest BCUT2D eigenvalue weighted by Crippen LogP contribution is -2.06. The van der Waals surface area contributed by atoms with Gasteiger partial charge in [0.25, 0.3) is 0 Å². The second-order valence-electron chi connectivity index (χ2n) is 3.94. The van der Waals surface area contributed by atoms with Crippen molar-refractivity contribution in [1.82, 2.24) is 24.8 Å². The summed E-state index contributed by atoms with van der Waals surface area (Å²) in [6.07, 6.45) is 2.81. The van der Waals surface area contributed by atoms with Gasteiger partial charge in [0.2, 0.25) is 0 Å². The molecule has 0 spiro atoms. The number of thioether (sulfide) groups is 1. The highest BCUT2D eigenvalue weighted by molar-refractivity contribution is 7.99. The number of anilines is 1. The van der Waals surface area contributed by atoms with E-state index in [0.29, 0.717) is 5.82 Å². The molecule has 0 unspecified atom stereocenters. The molecule has 2 aromatic heterocycles. The minimum atomic E-state index is 0.460. The van der Waals surface area contributed by atoms with Crippen LogP contribution in [0.5, 0.6) is 0 Å². The molecule has 6 nitrogen and oxygen atoms in total. The third-order valence-electron chi connectivity index (χ3n) is 2.69. The van der Waals surface area contributed by atoms with E-state index in [2.05, 4.69) is 22.3 Å². The number of nitrogens with two attached hydrogens (primary N) is 1. The van der Waals surface area contributed by atoms with Crippen LogP contribution in [0.3, 0.4) is 0 Å². The lowest BCUT2D eigenvalue weighted by Gasteiger charge is -2.06. The second-order valence-corrected chi connectivity index (χ2v) is 5.33. The molecule has 98 valence electrons. The normalized spacial score (nSPS) is 11.0. The van der Waals surface area contributed by atoms with Crippen LogP contribution in [0.2, 0.25) is 0 Å². The van der Waals surface area contributed by atoms with Gasteiger partial charge >= 0.3 is 0 Å². The van der Waals surface area contributed by atoms with Crippen molar-refractivity contribution in [3.63, 3.8) is 0 Å². The van der Waals surface area contributed by atoms with Crippen LogP contribution in [-0.4, -0.2) is 36.3 Å². The minimum absolute atomic E-state index is 0.460. The van der Waals surface area contributed by atoms with Gasteiger partial charge in [-0.1, -0.05) is 12.1 Å². The largest absolute Gasteiger partial charge is 0.380 e. The summed E-state index contributed by atoms with van der Waals surface area (Å²) in [4.78, 5) is 0. The first-order valence-electron chi connectivity index (χ1n) is 5.99. The Kier molecular flexibility index (Phi) is 4.24. The summed E-state index contributed by atoms with van der Waals surface area (Å²) in [5, 5.41) is 12.2. The van der Waals surface area contributed by atoms with Crippen LogP contribution in [0.15, 0.2) is 12.3 Å². The molecular formula is C11H18N6S. The lowest BCUT2D eigenvalue weighted by atomic mass is 10.3. The van der Waals surface area contributed by atoms with E-state index in [-0.39, 0.29) is 0 Å². The van der Waals surface area contributed by atoms with Crippen LogP contribution in [-0.2, 0) is 13.6 Å². The number of aryl methyl sites for hydroxylation is 2. The van der Waals surface area contributed by atoms with E-state index >= 15 is 0 Å². The average molecular weight is 266 g/mol. The molecular weight excluding hydrogens is 248 g/mol. The molecule has 2 heterocycles. The SMILES string of the molecule is CCSCCCn1nnc(N)c1-c1ccnn1C. The van der Waals surface area contributed by atoms with Crippen LogP contribution in [0, 0.1) is 0 Å². The van der Waals surface area contributed by atoms with Crippen molar-refractivity contribution in [2.75, 3.05) is 17.2 Å². The number of hydrogen-bond acceptors (Lipinski definition) is 5. The molecule has 0 amide bonds. The average Bonchev–Trinajstić information content (AvgIpc) is 2.91. The third kappa shape index (κ3) is 2.66. The van der Waals surface area contributed by atoms with Gasteiger partial charge in [-0.25, -0.2) is 4.68 Å². The van der Waals surface area contributed by atoms with E-state index in [0.717, 1.165) is 35.9 Å². The van der Waals surface area contributed by atoms with E-state index < -0.39 is 0 Å². The van der Waals surface area contributed by atoms with Crippen molar-refractivity contribution in [3.05, 3.63) is 12.3 Å². The Morgan fingerprint density at radius 3 is 2.94 bits per heavy atom. The lowest BCUT2D eigenvalue weighted by molar-refractivity contribution is 0.584. The van der Waals surface area contributed by atoms with Gasteiger partial charge in [-0.15, -0.1) is 5.10 Å². The number of nitrogen functional groups attached to an aromatic ring is 1. The van der Waals surface area contributed by atoms with E-state index in [9.17, 15) is 0 Å². The zero-order valence-electron chi connectivity index (χ0n) is 10.7. The summed E-state index contributed by atoms with van der Waals surface area (Å²) < 4.78 is 3.65. The summed E-state index contributed by atoms with van der Waals surface area (Å²) in [6, 6.07) is 1.92. The maximum absolute atomic E-state index is 5.89. The molecule has 7 heteroatoms. The summed E-state index contributed by atoms with van der Waals surface area (Å²) in [5.74, 6) is 2.73. The van der Waals surface area contributed by atoms with E-state index in [4.69, 9.17) is 5.73 Å². The zero-order valence-corrected chi connectivity index (χ0v) is 11.5. The molecule has 0 saturated heterocycles. The summed E-state index contributed by atoms with van der Waals surface area (Å²) in [7, 11) is 1.89. The fourth-order valence-corrected chi connectivity index (χ4v) is 2.44. The van der Waals surface area contributed by atoms with Gasteiger partial charge in [0.1, 0.15) is 5.69 Å². The van der Waals surface area contributed by atoms with Gasteiger partial charge < -0.3 is 5.73 Å². The molecule has 0 atom stereocenters. The smallest absolute Gasteiger partial charge is 0.175 e. The van der Waals surface area contributed by atoms with Crippen LogP contribution in [0.25, 0.3) is 11.4 Å². The minimum Gasteiger partial charge on any atom is -0.380 e. The summed E-state index contributed by atoms with van der Waals surface area (Å²) >= 11 is 1.93. The Bertz CT molecular complexity index is 503. The van der Waals surface area contributed by atoms with Crippen molar-refractivity contribution in [2.24, 2.45) is 7.05 Å². The van der Waals surface area contributed by atoms with Crippen LogP contribution < -0.4 is 5.73 Å². The first-order valence-corrected chi connectivity index (χ1v) is 7.14. The van der Waals surface area contributed by atoms with Gasteiger partial charge in [0, 0.05) is 19.8 Å². The molecule has 2 N–H and O–H groups in total. The zero-order chi connectivity index (χ0) is 13.0. The van der Waals surface area contributed by atoms with E-state index in [1.54, 1.807) is 10.9 Å². The Morgan fingerprint density at radius 1 is 1.44 bits per heavy atom. The highest BCUT2D eigenvalue weighted by atomic mass is 32.2. The number of nitrogens with zero attached hydrogens (tertiary/aromatic N) is 5. The van der Waals surface area contributed by atoms with E-state index in [1.807, 2.05) is 29.6 Å². The number of hydrogen-bond donors (Lipinski definition) is 1. The maximum atomic E-state index is 5.89. The second kappa shape index (κ2) is 5.90. The molecule has 2 rings (SSSR count). The third-order valence-corrected chi connectivity index (χ3v) is 3.67. The monoisotopic (exact) mass is 266 g/mol. The molecule has 2 aromatic rings. The van der Waals surface area contributed by atoms with Gasteiger partial charge in [0.05, 0.1) is 5.69 Å². The summed E-state index contributed by atoms with van der Waals surface area (Å²) in [6.45, 7) is 3.00. The molecule has 0 aliphatic heterocycles. The maximum Gasteiger partial charge on any atom is 0.175 e. The van der Waals surface area contributed by atoms with Crippen molar-refractivity contribution < 1.29 is 0 Å². The van der Waals surface area contributed by atoms with Gasteiger partial charge in [-0.2, -0.15) is 16.9 Å². The van der Waals surface area contributed by atoms with E-state index in [1.165, 1.54) is 0 Å². The topological polar surface area (TPSA) is 74.6 Å². The molecule has 0 fully saturated rings. The molecule has 0 bridgehead atoms. The molecule has 0 saturated carbocycles. The van der Waals surface area contributed by atoms with Gasteiger partial charge in [-0.3, -0.25) is 4.68 Å². The van der Waals surface area contributed by atoms with Crippen molar-refractivity contribution in [3.8, 4) is 11.4 Å². The molecule has 0 aliphatic rings. The number of rotatable bonds is 6. The predicted octanol–water partition coefficient (Wildman–Crippen LogP) is 1.40. The summed E-state index contributed by atoms with van der Waals surface area (Å²) in [5.41, 5.74) is 7.69. The highest BCUT2D eigenvalue weighted by Crippen LogP contribution is 2.23. The molecule has 18 heavy (non-hydrogen) atoms. The number of aromatic nitrogens is 5. The Labute approximate surface area is 111 Å². The molecule has 0 aromatic carbocycles. The fraction of sp³-hybridized carbons (Fsp3) is 0.545. The Hall–Kier alpha value is -1.50. The first-order chi connectivity index (χ1) is 8.74.